The Morgan fingerprint density at radius 1 is 1.22 bits per heavy atom. The molecule has 0 radical (unpaired) electrons. The number of benzene rings is 1. The van der Waals surface area contributed by atoms with Gasteiger partial charge in [-0.3, -0.25) is 9.59 Å². The lowest BCUT2D eigenvalue weighted by molar-refractivity contribution is -0.151. The highest BCUT2D eigenvalue weighted by molar-refractivity contribution is 8.16. The number of hydrogen-bond acceptors (Lipinski definition) is 8. The van der Waals surface area contributed by atoms with Crippen LogP contribution in [0.1, 0.15) is 51.1 Å². The van der Waals surface area contributed by atoms with Gasteiger partial charge in [0.25, 0.3) is 0 Å². The van der Waals surface area contributed by atoms with Crippen molar-refractivity contribution in [2.45, 2.75) is 45.6 Å². The maximum absolute atomic E-state index is 15.1. The van der Waals surface area contributed by atoms with Gasteiger partial charge in [-0.1, -0.05) is 36.9 Å². The fourth-order valence-corrected chi connectivity index (χ4v) is 5.76. The van der Waals surface area contributed by atoms with Crippen LogP contribution >= 0.6 is 11.8 Å². The van der Waals surface area contributed by atoms with Gasteiger partial charge in [0.15, 0.2) is 5.17 Å². The van der Waals surface area contributed by atoms with Gasteiger partial charge in [0.1, 0.15) is 5.82 Å². The number of methoxy groups -OCH3 is 1. The monoisotopic (exact) mass is 515 g/mol. The van der Waals surface area contributed by atoms with E-state index in [9.17, 15) is 14.4 Å². The number of amidine groups is 1. The number of fused-ring (bicyclic) bond motifs is 1. The van der Waals surface area contributed by atoms with Gasteiger partial charge >= 0.3 is 11.9 Å². The van der Waals surface area contributed by atoms with Crippen molar-refractivity contribution in [3.63, 3.8) is 0 Å². The number of carbonyl (C=O) groups excluding carboxylic acids is 3. The predicted molar refractivity (Wildman–Crippen MR) is 134 cm³/mol. The lowest BCUT2D eigenvalue weighted by atomic mass is 9.92. The summed E-state index contributed by atoms with van der Waals surface area (Å²) in [6, 6.07) is 5.47. The summed E-state index contributed by atoms with van der Waals surface area (Å²) in [7, 11) is 1.29. The minimum Gasteiger partial charge on any atom is -0.466 e. The minimum absolute atomic E-state index is 0.0302. The zero-order chi connectivity index (χ0) is 25.8. The largest absolute Gasteiger partial charge is 0.466 e. The van der Waals surface area contributed by atoms with Crippen molar-refractivity contribution >= 4 is 34.8 Å². The van der Waals surface area contributed by atoms with Gasteiger partial charge in [-0.25, -0.2) is 14.2 Å². The van der Waals surface area contributed by atoms with E-state index in [1.165, 1.54) is 24.9 Å². The first-order chi connectivity index (χ1) is 17.4. The smallest absolute Gasteiger partial charge is 0.338 e. The van der Waals surface area contributed by atoms with Crippen LogP contribution in [0.25, 0.3) is 0 Å². The molecule has 4 rings (SSSR count). The Bertz CT molecular complexity index is 1150. The average Bonchev–Trinajstić information content (AvgIpc) is 3.29. The molecule has 0 aliphatic carbocycles. The summed E-state index contributed by atoms with van der Waals surface area (Å²) in [6.07, 6.45) is 1.89. The molecule has 3 heterocycles. The molecule has 1 saturated heterocycles. The molecule has 192 valence electrons. The molecule has 1 amide bonds. The van der Waals surface area contributed by atoms with Crippen LogP contribution in [0.4, 0.5) is 4.39 Å². The third kappa shape index (κ3) is 5.04. The average molecular weight is 516 g/mol. The summed E-state index contributed by atoms with van der Waals surface area (Å²) < 4.78 is 25.3. The fraction of sp³-hybridized carbons (Fsp3) is 0.462. The Morgan fingerprint density at radius 2 is 2.00 bits per heavy atom. The number of aliphatic imine (C=N–C) groups is 1. The Hall–Kier alpha value is -3.14. The van der Waals surface area contributed by atoms with Gasteiger partial charge in [-0.2, -0.15) is 0 Å². The van der Waals surface area contributed by atoms with Crippen molar-refractivity contribution < 1.29 is 28.2 Å². The van der Waals surface area contributed by atoms with E-state index in [1.807, 2.05) is 12.3 Å². The van der Waals surface area contributed by atoms with Gasteiger partial charge in [-0.15, -0.1) is 0 Å². The Balaban J connectivity index is 1.63. The predicted octanol–water partition coefficient (Wildman–Crippen LogP) is 4.16. The third-order valence-electron chi connectivity index (χ3n) is 6.56. The van der Waals surface area contributed by atoms with Crippen molar-refractivity contribution in [3.05, 3.63) is 58.0 Å². The van der Waals surface area contributed by atoms with E-state index < -0.39 is 17.8 Å². The number of piperidine rings is 1. The van der Waals surface area contributed by atoms with Gasteiger partial charge in [0.2, 0.25) is 5.91 Å². The van der Waals surface area contributed by atoms with Crippen molar-refractivity contribution in [3.8, 4) is 0 Å². The van der Waals surface area contributed by atoms with Crippen molar-refractivity contribution in [1.82, 2.24) is 9.80 Å². The number of likely N-dealkylation sites (tertiary alicyclic amines) is 1. The van der Waals surface area contributed by atoms with E-state index in [4.69, 9.17) is 9.47 Å². The first-order valence-corrected chi connectivity index (χ1v) is 13.0. The van der Waals surface area contributed by atoms with Crippen LogP contribution in [0.15, 0.2) is 51.6 Å². The molecule has 1 fully saturated rings. The van der Waals surface area contributed by atoms with Crippen LogP contribution < -0.4 is 0 Å². The van der Waals surface area contributed by atoms with Crippen LogP contribution in [0.3, 0.4) is 0 Å². The summed E-state index contributed by atoms with van der Waals surface area (Å²) in [5, 5.41) is 2.41. The molecule has 3 aliphatic heterocycles. The number of nitrogens with zero attached hydrogens (tertiary/aromatic N) is 3. The molecule has 2 atom stereocenters. The second kappa shape index (κ2) is 11.3. The van der Waals surface area contributed by atoms with E-state index in [1.54, 1.807) is 34.9 Å². The maximum Gasteiger partial charge on any atom is 0.338 e. The van der Waals surface area contributed by atoms with Crippen molar-refractivity contribution in [2.75, 3.05) is 26.8 Å². The number of rotatable bonds is 7. The Morgan fingerprint density at radius 3 is 2.69 bits per heavy atom. The molecule has 1 aromatic carbocycles. The van der Waals surface area contributed by atoms with Gasteiger partial charge in [0.05, 0.1) is 43.4 Å². The SMILES string of the molecule is CCOC(=O)[C@@H]1CCCN(C(=O)CC2=CSC3=NC(CC)=C(C(=O)OC)[C@@H](c4ccccc4F)N23)C1. The number of ether oxygens (including phenoxy) is 2. The van der Waals surface area contributed by atoms with Gasteiger partial charge in [0, 0.05) is 24.4 Å². The fourth-order valence-electron chi connectivity index (χ4n) is 4.83. The summed E-state index contributed by atoms with van der Waals surface area (Å²) in [5.74, 6) is -1.81. The number of carbonyl (C=O) groups is 3. The third-order valence-corrected chi connectivity index (χ3v) is 7.44. The molecule has 0 bridgehead atoms. The first-order valence-electron chi connectivity index (χ1n) is 12.1. The second-order valence-electron chi connectivity index (χ2n) is 8.73. The molecule has 0 unspecified atom stereocenters. The standard InChI is InChI=1S/C26H30FN3O5S/c1-4-20-22(25(33)34-3)23(18-10-6-7-11-19(18)27)30-17(15-36-26(30)28-20)13-21(31)29-12-8-9-16(14-29)24(32)35-5-2/h6-7,10-11,15-16,23H,4-5,8-9,12-14H2,1-3H3/t16-,23-/m1/s1. The molecule has 0 aromatic heterocycles. The van der Waals surface area contributed by atoms with Crippen LogP contribution in [-0.2, 0) is 23.9 Å². The highest BCUT2D eigenvalue weighted by Crippen LogP contribution is 2.46. The number of halogens is 1. The first kappa shape index (κ1) is 25.9. The van der Waals surface area contributed by atoms with Crippen molar-refractivity contribution in [2.24, 2.45) is 10.9 Å². The van der Waals surface area contributed by atoms with E-state index >= 15 is 4.39 Å². The van der Waals surface area contributed by atoms with Gasteiger partial charge in [-0.05, 0) is 37.7 Å². The van der Waals surface area contributed by atoms with Crippen molar-refractivity contribution in [1.29, 1.82) is 0 Å². The number of allylic oxidation sites excluding steroid dienone is 1. The van der Waals surface area contributed by atoms with Crippen LogP contribution in [0.2, 0.25) is 0 Å². The van der Waals surface area contributed by atoms with Crippen LogP contribution in [0.5, 0.6) is 0 Å². The van der Waals surface area contributed by atoms with E-state index in [0.29, 0.717) is 61.1 Å². The second-order valence-corrected chi connectivity index (χ2v) is 9.57. The highest BCUT2D eigenvalue weighted by atomic mass is 32.2. The molecule has 0 spiro atoms. The molecule has 8 nitrogen and oxygen atoms in total. The molecule has 36 heavy (non-hydrogen) atoms. The zero-order valence-electron chi connectivity index (χ0n) is 20.7. The molecule has 0 saturated carbocycles. The zero-order valence-corrected chi connectivity index (χ0v) is 21.5. The maximum atomic E-state index is 15.1. The number of esters is 2. The Kier molecular flexibility index (Phi) is 8.13. The van der Waals surface area contributed by atoms with E-state index in [0.717, 1.165) is 0 Å². The number of thioether (sulfide) groups is 1. The summed E-state index contributed by atoms with van der Waals surface area (Å²) in [6.45, 7) is 4.81. The topological polar surface area (TPSA) is 88.5 Å². The summed E-state index contributed by atoms with van der Waals surface area (Å²) in [5.41, 5.74) is 1.71. The quantitative estimate of drug-likeness (QED) is 0.504. The molecule has 1 aromatic rings. The highest BCUT2D eigenvalue weighted by Gasteiger charge is 2.43. The molecule has 10 heteroatoms. The molecular weight excluding hydrogens is 485 g/mol. The number of hydrogen-bond donors (Lipinski definition) is 0. The van der Waals surface area contributed by atoms with E-state index in [-0.39, 0.29) is 29.8 Å². The lowest BCUT2D eigenvalue weighted by Gasteiger charge is -2.37. The minimum atomic E-state index is -0.816. The number of amides is 1. The normalized spacial score (nSPS) is 21.6. The summed E-state index contributed by atoms with van der Waals surface area (Å²) in [4.78, 5) is 46.6. The molecule has 0 N–H and O–H groups in total. The lowest BCUT2D eigenvalue weighted by Crippen LogP contribution is -2.44. The van der Waals surface area contributed by atoms with Crippen LogP contribution in [-0.4, -0.2) is 59.6 Å². The molecule has 3 aliphatic rings. The Labute approximate surface area is 214 Å². The van der Waals surface area contributed by atoms with E-state index in [2.05, 4.69) is 4.99 Å². The molecular formula is C26H30FN3O5S. The van der Waals surface area contributed by atoms with Crippen LogP contribution in [0, 0.1) is 11.7 Å². The van der Waals surface area contributed by atoms with Gasteiger partial charge < -0.3 is 19.3 Å². The summed E-state index contributed by atoms with van der Waals surface area (Å²) >= 11 is 1.34.